The van der Waals surface area contributed by atoms with E-state index in [4.69, 9.17) is 9.47 Å². The third kappa shape index (κ3) is 7.99. The lowest BCUT2D eigenvalue weighted by atomic mass is 10.1. The largest absolute Gasteiger partial charge is 0.493 e. The van der Waals surface area contributed by atoms with Crippen molar-refractivity contribution >= 4 is 47.2 Å². The molecule has 0 radical (unpaired) electrons. The van der Waals surface area contributed by atoms with E-state index in [-0.39, 0.29) is 54.1 Å². The van der Waals surface area contributed by atoms with Crippen LogP contribution in [0.4, 0.5) is 17.3 Å². The first-order chi connectivity index (χ1) is 23.0. The van der Waals surface area contributed by atoms with Gasteiger partial charge in [0.2, 0.25) is 5.91 Å². The van der Waals surface area contributed by atoms with Crippen LogP contribution in [0.3, 0.4) is 0 Å². The van der Waals surface area contributed by atoms with Crippen LogP contribution in [0.5, 0.6) is 11.5 Å². The number of anilines is 2. The second-order valence-electron chi connectivity index (χ2n) is 12.0. The van der Waals surface area contributed by atoms with Crippen LogP contribution in [-0.2, 0) is 18.9 Å². The smallest absolute Gasteiger partial charge is 0.275 e. The lowest BCUT2D eigenvalue weighted by molar-refractivity contribution is -0.116. The van der Waals surface area contributed by atoms with Crippen LogP contribution in [0.1, 0.15) is 63.4 Å². The Morgan fingerprint density at radius 3 is 2.38 bits per heavy atom. The lowest BCUT2D eigenvalue weighted by Crippen LogP contribution is -2.35. The molecule has 0 spiro atoms. The second kappa shape index (κ2) is 15.1. The molecular formula is C32H42N10O6. The number of carbonyl (C=O) groups excluding carboxylic acids is 4. The molecule has 1 atom stereocenters. The fourth-order valence-electron chi connectivity index (χ4n) is 5.59. The average Bonchev–Trinajstić information content (AvgIpc) is 3.75. The summed E-state index contributed by atoms with van der Waals surface area (Å²) in [6.07, 6.45) is 4.98. The van der Waals surface area contributed by atoms with Crippen LogP contribution in [0.15, 0.2) is 29.3 Å². The fourth-order valence-corrected chi connectivity index (χ4v) is 5.59. The molecule has 1 fully saturated rings. The molecule has 16 nitrogen and oxygen atoms in total. The Hall–Kier alpha value is -5.25. The molecule has 5 rings (SSSR count). The molecule has 48 heavy (non-hydrogen) atoms. The standard InChI is InChI=1S/C32H42N10O6/c1-39(2)12-8-11-33-30(44)23-17-28(38-40(23)3)36-31(45)24-18-27(37-41(24)4)35-29(43)10-7-14-48-26-16-22-21(15-25(26)47-5)32(46)42-13-6-9-20(42)19-34-22/h15-20H,6-14H2,1-5H3,(H,33,44)(H,35,37,43)(H,36,38,45). The van der Waals surface area contributed by atoms with E-state index in [0.717, 1.165) is 25.8 Å². The molecule has 256 valence electrons. The molecule has 1 saturated heterocycles. The molecule has 1 unspecified atom stereocenters. The van der Waals surface area contributed by atoms with Gasteiger partial charge in [0.1, 0.15) is 11.4 Å². The average molecular weight is 663 g/mol. The first-order valence-electron chi connectivity index (χ1n) is 15.9. The van der Waals surface area contributed by atoms with Gasteiger partial charge in [-0.2, -0.15) is 10.2 Å². The van der Waals surface area contributed by atoms with Gasteiger partial charge in [-0.25, -0.2) is 0 Å². The zero-order chi connectivity index (χ0) is 34.4. The molecule has 2 aliphatic heterocycles. The van der Waals surface area contributed by atoms with Crippen molar-refractivity contribution in [3.05, 3.63) is 41.2 Å². The topological polar surface area (TPSA) is 177 Å². The number of ether oxygens (including phenoxy) is 2. The zero-order valence-corrected chi connectivity index (χ0v) is 27.9. The van der Waals surface area contributed by atoms with E-state index < -0.39 is 5.91 Å². The van der Waals surface area contributed by atoms with Crippen molar-refractivity contribution in [2.24, 2.45) is 19.1 Å². The number of carbonyl (C=O) groups is 4. The number of aromatic nitrogens is 4. The van der Waals surface area contributed by atoms with Gasteiger partial charge >= 0.3 is 0 Å². The van der Waals surface area contributed by atoms with Gasteiger partial charge in [-0.1, -0.05) is 0 Å². The maximum Gasteiger partial charge on any atom is 0.275 e. The maximum atomic E-state index is 13.1. The Labute approximate surface area is 278 Å². The predicted octanol–water partition coefficient (Wildman–Crippen LogP) is 2.21. The number of nitrogens with one attached hydrogen (secondary N) is 3. The van der Waals surface area contributed by atoms with Crippen molar-refractivity contribution in [3.63, 3.8) is 0 Å². The molecule has 2 aromatic heterocycles. The number of fused-ring (bicyclic) bond motifs is 2. The van der Waals surface area contributed by atoms with Gasteiger partial charge < -0.3 is 35.2 Å². The van der Waals surface area contributed by atoms with E-state index >= 15 is 0 Å². The zero-order valence-electron chi connectivity index (χ0n) is 27.9. The second-order valence-corrected chi connectivity index (χ2v) is 12.0. The third-order valence-corrected chi connectivity index (χ3v) is 8.07. The highest BCUT2D eigenvalue weighted by atomic mass is 16.5. The van der Waals surface area contributed by atoms with Crippen molar-refractivity contribution in [1.82, 2.24) is 34.7 Å². The first kappa shape index (κ1) is 34.1. The molecule has 4 heterocycles. The molecule has 3 aromatic rings. The van der Waals surface area contributed by atoms with Crippen LogP contribution < -0.4 is 25.4 Å². The van der Waals surface area contributed by atoms with Crippen LogP contribution >= 0.6 is 0 Å². The van der Waals surface area contributed by atoms with Crippen molar-refractivity contribution in [3.8, 4) is 11.5 Å². The summed E-state index contributed by atoms with van der Waals surface area (Å²) in [5.41, 5.74) is 1.49. The molecule has 16 heteroatoms. The molecule has 4 amide bonds. The highest BCUT2D eigenvalue weighted by molar-refractivity contribution is 6.05. The number of rotatable bonds is 14. The van der Waals surface area contributed by atoms with Crippen molar-refractivity contribution in [2.45, 2.75) is 38.1 Å². The number of aliphatic imine (C=N–C) groups is 1. The summed E-state index contributed by atoms with van der Waals surface area (Å²) in [7, 11) is 8.65. The van der Waals surface area contributed by atoms with E-state index in [1.165, 1.54) is 28.6 Å². The van der Waals surface area contributed by atoms with Gasteiger partial charge in [0.05, 0.1) is 31.0 Å². The maximum absolute atomic E-state index is 13.1. The number of amides is 4. The third-order valence-electron chi connectivity index (χ3n) is 8.07. The quantitative estimate of drug-likeness (QED) is 0.219. The predicted molar refractivity (Wildman–Crippen MR) is 178 cm³/mol. The summed E-state index contributed by atoms with van der Waals surface area (Å²) >= 11 is 0. The van der Waals surface area contributed by atoms with Gasteiger partial charge in [0.25, 0.3) is 17.7 Å². The highest BCUT2D eigenvalue weighted by Gasteiger charge is 2.32. The van der Waals surface area contributed by atoms with Gasteiger partial charge in [0, 0.05) is 58.0 Å². The SMILES string of the molecule is COc1cc2c(cc1OCCCC(=O)Nc1cc(C(=O)Nc3cc(C(=O)NCCCN(C)C)n(C)n3)n(C)n1)N=CC1CCCN1C2=O. The molecule has 3 N–H and O–H groups in total. The van der Waals surface area contributed by atoms with E-state index in [1.807, 2.05) is 30.1 Å². The Balaban J connectivity index is 1.10. The fraction of sp³-hybridized carbons (Fsp3) is 0.469. The number of hydrogen-bond donors (Lipinski definition) is 3. The number of benzene rings is 1. The summed E-state index contributed by atoms with van der Waals surface area (Å²) in [5.74, 6) is 0.0991. The van der Waals surface area contributed by atoms with Gasteiger partial charge in [-0.3, -0.25) is 33.5 Å². The Morgan fingerprint density at radius 1 is 0.958 bits per heavy atom. The minimum atomic E-state index is -0.504. The van der Waals surface area contributed by atoms with Gasteiger partial charge in [-0.05, 0) is 52.4 Å². The van der Waals surface area contributed by atoms with E-state index in [0.29, 0.717) is 48.0 Å². The minimum Gasteiger partial charge on any atom is -0.493 e. The Morgan fingerprint density at radius 2 is 1.67 bits per heavy atom. The Bertz CT molecular complexity index is 1710. The molecular weight excluding hydrogens is 620 g/mol. The van der Waals surface area contributed by atoms with Crippen molar-refractivity contribution in [1.29, 1.82) is 0 Å². The molecule has 0 bridgehead atoms. The van der Waals surface area contributed by atoms with Crippen molar-refractivity contribution in [2.75, 3.05) is 58.1 Å². The number of hydrogen-bond acceptors (Lipinski definition) is 10. The lowest BCUT2D eigenvalue weighted by Gasteiger charge is -2.20. The van der Waals surface area contributed by atoms with Crippen LogP contribution in [0.2, 0.25) is 0 Å². The molecule has 1 aromatic carbocycles. The molecule has 0 aliphatic carbocycles. The van der Waals surface area contributed by atoms with Gasteiger partial charge in [0.15, 0.2) is 23.1 Å². The van der Waals surface area contributed by atoms with E-state index in [2.05, 4.69) is 31.1 Å². The molecule has 0 saturated carbocycles. The van der Waals surface area contributed by atoms with Crippen LogP contribution in [0, 0.1) is 0 Å². The monoisotopic (exact) mass is 662 g/mol. The highest BCUT2D eigenvalue weighted by Crippen LogP contribution is 2.38. The first-order valence-corrected chi connectivity index (χ1v) is 15.9. The normalized spacial score (nSPS) is 15.2. The number of aryl methyl sites for hydroxylation is 2. The summed E-state index contributed by atoms with van der Waals surface area (Å²) in [6, 6.07) is 6.30. The summed E-state index contributed by atoms with van der Waals surface area (Å²) in [5, 5.41) is 16.7. The van der Waals surface area contributed by atoms with Crippen LogP contribution in [-0.4, -0.2) is 113 Å². The van der Waals surface area contributed by atoms with E-state index in [1.54, 1.807) is 26.2 Å². The van der Waals surface area contributed by atoms with Crippen molar-refractivity contribution < 1.29 is 28.7 Å². The summed E-state index contributed by atoms with van der Waals surface area (Å²) in [6.45, 7) is 2.28. The number of methoxy groups -OCH3 is 1. The van der Waals surface area contributed by atoms with E-state index in [9.17, 15) is 19.2 Å². The number of nitrogens with zero attached hydrogens (tertiary/aromatic N) is 7. The molecule has 2 aliphatic rings. The summed E-state index contributed by atoms with van der Waals surface area (Å²) < 4.78 is 14.2. The van der Waals surface area contributed by atoms with Crippen LogP contribution in [0.25, 0.3) is 0 Å². The Kier molecular flexibility index (Phi) is 10.7. The summed E-state index contributed by atoms with van der Waals surface area (Å²) in [4.78, 5) is 59.7. The van der Waals surface area contributed by atoms with Gasteiger partial charge in [-0.15, -0.1) is 0 Å². The minimum absolute atomic E-state index is 0.0000627.